The lowest BCUT2D eigenvalue weighted by Gasteiger charge is -2.24. The molecule has 4 nitrogen and oxygen atoms in total. The second kappa shape index (κ2) is 12.1. The summed E-state index contributed by atoms with van der Waals surface area (Å²) >= 11 is 0. The fraction of sp³-hybridized carbons (Fsp3) is 0.588. The Kier molecular flexibility index (Phi) is 11.3. The fourth-order valence-electron chi connectivity index (χ4n) is 1.95. The van der Waals surface area contributed by atoms with Crippen molar-refractivity contribution in [2.75, 3.05) is 13.2 Å². The highest BCUT2D eigenvalue weighted by Crippen LogP contribution is 2.06. The van der Waals surface area contributed by atoms with Gasteiger partial charge in [-0.3, -0.25) is 10.6 Å². The molecule has 0 heterocycles. The Labute approximate surface area is 133 Å². The van der Waals surface area contributed by atoms with Crippen LogP contribution >= 0.6 is 0 Å². The van der Waals surface area contributed by atoms with Crippen LogP contribution in [0.2, 0.25) is 0 Å². The summed E-state index contributed by atoms with van der Waals surface area (Å²) in [7, 11) is 0. The van der Waals surface area contributed by atoms with Crippen molar-refractivity contribution in [1.29, 1.82) is 0 Å². The van der Waals surface area contributed by atoms with E-state index < -0.39 is 0 Å². The first-order valence-electron chi connectivity index (χ1n) is 7.86. The van der Waals surface area contributed by atoms with Gasteiger partial charge in [0.15, 0.2) is 0 Å². The molecule has 0 aromatic heterocycles. The van der Waals surface area contributed by atoms with Gasteiger partial charge in [0.25, 0.3) is 0 Å². The SMILES string of the molecule is CCCC(C(=O)OCC)N(N)CCC.Cc1cccc(F)c1. The molecule has 0 saturated carbocycles. The molecule has 0 spiro atoms. The molecule has 0 aliphatic carbocycles. The van der Waals surface area contributed by atoms with E-state index in [1.807, 2.05) is 33.8 Å². The minimum Gasteiger partial charge on any atom is -0.465 e. The van der Waals surface area contributed by atoms with Gasteiger partial charge in [-0.2, -0.15) is 0 Å². The zero-order valence-electron chi connectivity index (χ0n) is 14.1. The van der Waals surface area contributed by atoms with Crippen LogP contribution in [-0.4, -0.2) is 30.2 Å². The van der Waals surface area contributed by atoms with E-state index in [2.05, 4.69) is 0 Å². The molecule has 0 aliphatic heterocycles. The number of hydrogen-bond acceptors (Lipinski definition) is 4. The van der Waals surface area contributed by atoms with Gasteiger partial charge in [0.05, 0.1) is 6.61 Å². The predicted octanol–water partition coefficient (Wildman–Crippen LogP) is 3.44. The van der Waals surface area contributed by atoms with E-state index in [0.717, 1.165) is 31.4 Å². The second-order valence-corrected chi connectivity index (χ2v) is 5.09. The molecule has 5 heteroatoms. The molecule has 2 N–H and O–H groups in total. The molecule has 0 saturated heterocycles. The highest BCUT2D eigenvalue weighted by Gasteiger charge is 2.23. The molecule has 1 rings (SSSR count). The van der Waals surface area contributed by atoms with Crippen LogP contribution in [0.1, 0.15) is 45.6 Å². The summed E-state index contributed by atoms with van der Waals surface area (Å²) in [5.41, 5.74) is 0.963. The molecule has 0 aliphatic rings. The van der Waals surface area contributed by atoms with Crippen LogP contribution in [0.3, 0.4) is 0 Å². The molecule has 1 aromatic rings. The third-order valence-corrected chi connectivity index (χ3v) is 2.98. The number of rotatable bonds is 7. The van der Waals surface area contributed by atoms with Crippen molar-refractivity contribution in [3.63, 3.8) is 0 Å². The zero-order valence-corrected chi connectivity index (χ0v) is 14.1. The van der Waals surface area contributed by atoms with E-state index in [1.54, 1.807) is 11.1 Å². The first-order valence-corrected chi connectivity index (χ1v) is 7.86. The topological polar surface area (TPSA) is 55.6 Å². The molecule has 0 radical (unpaired) electrons. The second-order valence-electron chi connectivity index (χ2n) is 5.09. The van der Waals surface area contributed by atoms with Gasteiger partial charge in [0.1, 0.15) is 11.9 Å². The summed E-state index contributed by atoms with van der Waals surface area (Å²) < 4.78 is 17.1. The van der Waals surface area contributed by atoms with Crippen molar-refractivity contribution >= 4 is 5.97 Å². The predicted molar refractivity (Wildman–Crippen MR) is 87.7 cm³/mol. The largest absolute Gasteiger partial charge is 0.465 e. The minimum absolute atomic E-state index is 0.162. The molecule has 0 amide bonds. The number of aryl methyl sites for hydroxylation is 1. The highest BCUT2D eigenvalue weighted by molar-refractivity contribution is 5.75. The van der Waals surface area contributed by atoms with Crippen molar-refractivity contribution in [3.8, 4) is 0 Å². The van der Waals surface area contributed by atoms with Gasteiger partial charge in [-0.1, -0.05) is 32.4 Å². The van der Waals surface area contributed by atoms with Crippen LogP contribution in [0.25, 0.3) is 0 Å². The van der Waals surface area contributed by atoms with Crippen molar-refractivity contribution in [2.24, 2.45) is 5.84 Å². The third-order valence-electron chi connectivity index (χ3n) is 2.98. The Balaban J connectivity index is 0.000000461. The number of carbonyl (C=O) groups is 1. The van der Waals surface area contributed by atoms with E-state index in [1.165, 1.54) is 12.1 Å². The molecule has 22 heavy (non-hydrogen) atoms. The number of esters is 1. The van der Waals surface area contributed by atoms with E-state index in [4.69, 9.17) is 10.6 Å². The van der Waals surface area contributed by atoms with Crippen molar-refractivity contribution < 1.29 is 13.9 Å². The Morgan fingerprint density at radius 3 is 2.41 bits per heavy atom. The normalized spacial score (nSPS) is 11.6. The molecule has 0 fully saturated rings. The van der Waals surface area contributed by atoms with Crippen molar-refractivity contribution in [3.05, 3.63) is 35.6 Å². The van der Waals surface area contributed by atoms with Crippen LogP contribution in [0.15, 0.2) is 24.3 Å². The number of benzene rings is 1. The van der Waals surface area contributed by atoms with Crippen LogP contribution in [0.5, 0.6) is 0 Å². The quantitative estimate of drug-likeness (QED) is 0.476. The lowest BCUT2D eigenvalue weighted by molar-refractivity contribution is -0.150. The number of carbonyl (C=O) groups excluding carboxylic acids is 1. The van der Waals surface area contributed by atoms with E-state index in [0.29, 0.717) is 6.61 Å². The maximum absolute atomic E-state index is 12.2. The Hall–Kier alpha value is -1.46. The highest BCUT2D eigenvalue weighted by atomic mass is 19.1. The zero-order chi connectivity index (χ0) is 17.0. The Morgan fingerprint density at radius 2 is 2.00 bits per heavy atom. The fourth-order valence-corrected chi connectivity index (χ4v) is 1.95. The third kappa shape index (κ3) is 8.74. The molecule has 126 valence electrons. The average molecular weight is 312 g/mol. The van der Waals surface area contributed by atoms with Gasteiger partial charge >= 0.3 is 5.97 Å². The van der Waals surface area contributed by atoms with Crippen LogP contribution in [0, 0.1) is 12.7 Å². The number of ether oxygens (including phenoxy) is 1. The summed E-state index contributed by atoms with van der Waals surface area (Å²) in [6.45, 7) is 8.88. The molecular formula is C17H29FN2O2. The number of nitrogens with two attached hydrogens (primary N) is 1. The van der Waals surface area contributed by atoms with Gasteiger partial charge in [-0.25, -0.2) is 9.40 Å². The maximum Gasteiger partial charge on any atom is 0.324 e. The van der Waals surface area contributed by atoms with E-state index in [-0.39, 0.29) is 17.8 Å². The molecule has 1 unspecified atom stereocenters. The van der Waals surface area contributed by atoms with Crippen LogP contribution in [-0.2, 0) is 9.53 Å². The van der Waals surface area contributed by atoms with Gasteiger partial charge in [-0.05, 0) is 44.4 Å². The maximum atomic E-state index is 12.2. The summed E-state index contributed by atoms with van der Waals surface area (Å²) in [5, 5.41) is 1.58. The number of hydrogen-bond donors (Lipinski definition) is 1. The van der Waals surface area contributed by atoms with Gasteiger partial charge in [0.2, 0.25) is 0 Å². The van der Waals surface area contributed by atoms with Gasteiger partial charge in [0, 0.05) is 6.54 Å². The van der Waals surface area contributed by atoms with Gasteiger partial charge in [-0.15, -0.1) is 0 Å². The van der Waals surface area contributed by atoms with Crippen molar-refractivity contribution in [1.82, 2.24) is 5.01 Å². The Morgan fingerprint density at radius 1 is 1.32 bits per heavy atom. The minimum atomic E-state index is -0.278. The van der Waals surface area contributed by atoms with Crippen LogP contribution < -0.4 is 5.84 Å². The van der Waals surface area contributed by atoms with Gasteiger partial charge < -0.3 is 4.74 Å². The molecule has 1 aromatic carbocycles. The number of hydrazine groups is 1. The van der Waals surface area contributed by atoms with Crippen LogP contribution in [0.4, 0.5) is 4.39 Å². The summed E-state index contributed by atoms with van der Waals surface area (Å²) in [5.74, 6) is 5.41. The lowest BCUT2D eigenvalue weighted by atomic mass is 10.1. The average Bonchev–Trinajstić information content (AvgIpc) is 2.45. The summed E-state index contributed by atoms with van der Waals surface area (Å²) in [4.78, 5) is 11.5. The first kappa shape index (κ1) is 20.5. The Bertz CT molecular complexity index is 410. The monoisotopic (exact) mass is 312 g/mol. The van der Waals surface area contributed by atoms with Crippen molar-refractivity contribution in [2.45, 2.75) is 53.0 Å². The summed E-state index contributed by atoms with van der Waals surface area (Å²) in [6.07, 6.45) is 2.63. The first-order chi connectivity index (χ1) is 10.5. The standard InChI is InChI=1S/C10H22N2O2.C7H7F/c1-4-7-9(10(13)14-6-3)12(11)8-5-2;1-6-3-2-4-7(8)5-6/h9H,4-8,11H2,1-3H3;2-5H,1H3. The number of nitrogens with zero attached hydrogens (tertiary/aromatic N) is 1. The molecular weight excluding hydrogens is 283 g/mol. The van der Waals surface area contributed by atoms with E-state index in [9.17, 15) is 9.18 Å². The number of halogens is 1. The molecule has 1 atom stereocenters. The lowest BCUT2D eigenvalue weighted by Crippen LogP contribution is -2.47. The molecule has 0 bridgehead atoms. The van der Waals surface area contributed by atoms with E-state index >= 15 is 0 Å². The smallest absolute Gasteiger partial charge is 0.324 e. The summed E-state index contributed by atoms with van der Waals surface area (Å²) in [6, 6.07) is 6.22.